The van der Waals surface area contributed by atoms with Crippen LogP contribution in [0.3, 0.4) is 0 Å². The highest BCUT2D eigenvalue weighted by atomic mass is 16.6. The Balaban J connectivity index is 1.91. The summed E-state index contributed by atoms with van der Waals surface area (Å²) in [6.07, 6.45) is 4.97. The lowest BCUT2D eigenvalue weighted by Gasteiger charge is -2.35. The van der Waals surface area contributed by atoms with Crippen LogP contribution in [0.25, 0.3) is 0 Å². The van der Waals surface area contributed by atoms with E-state index in [0.29, 0.717) is 11.0 Å². The number of hydrogen-bond donors (Lipinski definition) is 0. The van der Waals surface area contributed by atoms with E-state index in [2.05, 4.69) is 11.0 Å². The molecule has 0 atom stereocenters. The van der Waals surface area contributed by atoms with Crippen LogP contribution in [0.15, 0.2) is 18.2 Å². The fraction of sp³-hybridized carbons (Fsp3) is 0.500. The van der Waals surface area contributed by atoms with Crippen LogP contribution in [0.1, 0.15) is 31.2 Å². The van der Waals surface area contributed by atoms with Gasteiger partial charge in [-0.1, -0.05) is 0 Å². The van der Waals surface area contributed by atoms with Crippen molar-refractivity contribution in [2.24, 2.45) is 5.41 Å². The maximum Gasteiger partial charge on any atom is 0.270 e. The number of nitrogens with zero attached hydrogens (tertiary/aromatic N) is 3. The molecule has 0 aromatic heterocycles. The summed E-state index contributed by atoms with van der Waals surface area (Å²) in [7, 11) is 0. The lowest BCUT2D eigenvalue weighted by molar-refractivity contribution is -0.384. The number of anilines is 1. The van der Waals surface area contributed by atoms with E-state index in [1.165, 1.54) is 31.4 Å². The SMILES string of the molecule is N#Cc1cc([N+](=O)[O-])ccc1N1CCCC2(CC2)C1. The van der Waals surface area contributed by atoms with Crippen molar-refractivity contribution in [2.45, 2.75) is 25.7 Å². The van der Waals surface area contributed by atoms with Crippen molar-refractivity contribution in [1.29, 1.82) is 5.26 Å². The quantitative estimate of drug-likeness (QED) is 0.603. The van der Waals surface area contributed by atoms with Gasteiger partial charge in [0.15, 0.2) is 0 Å². The summed E-state index contributed by atoms with van der Waals surface area (Å²) < 4.78 is 0. The van der Waals surface area contributed by atoms with Crippen LogP contribution in [0.5, 0.6) is 0 Å². The highest BCUT2D eigenvalue weighted by Gasteiger charge is 2.45. The van der Waals surface area contributed by atoms with Crippen molar-refractivity contribution >= 4 is 11.4 Å². The van der Waals surface area contributed by atoms with E-state index in [1.54, 1.807) is 6.07 Å². The highest BCUT2D eigenvalue weighted by Crippen LogP contribution is 2.52. The minimum absolute atomic E-state index is 0.0153. The second-order valence-electron chi connectivity index (χ2n) is 5.60. The van der Waals surface area contributed by atoms with Gasteiger partial charge in [0, 0.05) is 25.2 Å². The van der Waals surface area contributed by atoms with Gasteiger partial charge in [-0.3, -0.25) is 10.1 Å². The number of non-ortho nitro benzene ring substituents is 1. The van der Waals surface area contributed by atoms with E-state index < -0.39 is 4.92 Å². The van der Waals surface area contributed by atoms with Crippen molar-refractivity contribution < 1.29 is 4.92 Å². The van der Waals surface area contributed by atoms with Crippen LogP contribution in [0.2, 0.25) is 0 Å². The monoisotopic (exact) mass is 257 g/mol. The highest BCUT2D eigenvalue weighted by molar-refractivity contribution is 5.63. The summed E-state index contributed by atoms with van der Waals surface area (Å²) in [6, 6.07) is 6.68. The molecular weight excluding hydrogens is 242 g/mol. The lowest BCUT2D eigenvalue weighted by Crippen LogP contribution is -2.36. The van der Waals surface area contributed by atoms with E-state index in [9.17, 15) is 15.4 Å². The molecule has 2 aliphatic rings. The van der Waals surface area contributed by atoms with Gasteiger partial charge in [-0.05, 0) is 37.2 Å². The summed E-state index contributed by atoms with van der Waals surface area (Å²) in [5, 5.41) is 20.0. The van der Waals surface area contributed by atoms with Gasteiger partial charge in [0.05, 0.1) is 16.2 Å². The molecule has 0 amide bonds. The maximum absolute atomic E-state index is 10.8. The molecule has 3 rings (SSSR count). The number of nitro groups is 1. The zero-order chi connectivity index (χ0) is 13.5. The molecule has 1 heterocycles. The number of piperidine rings is 1. The molecule has 1 aliphatic heterocycles. The Morgan fingerprint density at radius 1 is 1.37 bits per heavy atom. The first kappa shape index (κ1) is 12.0. The minimum Gasteiger partial charge on any atom is -0.370 e. The number of rotatable bonds is 2. The fourth-order valence-electron chi connectivity index (χ4n) is 3.00. The third-order valence-corrected chi connectivity index (χ3v) is 4.27. The summed E-state index contributed by atoms with van der Waals surface area (Å²) in [6.45, 7) is 1.92. The maximum atomic E-state index is 10.8. The molecule has 5 nitrogen and oxygen atoms in total. The van der Waals surface area contributed by atoms with Crippen molar-refractivity contribution in [2.75, 3.05) is 18.0 Å². The second kappa shape index (κ2) is 4.23. The molecule has 1 aromatic carbocycles. The van der Waals surface area contributed by atoms with E-state index in [4.69, 9.17) is 0 Å². The van der Waals surface area contributed by atoms with Crippen LogP contribution < -0.4 is 4.90 Å². The average Bonchev–Trinajstić information content (AvgIpc) is 3.17. The zero-order valence-electron chi connectivity index (χ0n) is 10.6. The first-order chi connectivity index (χ1) is 9.13. The number of nitriles is 1. The lowest BCUT2D eigenvalue weighted by atomic mass is 9.94. The largest absolute Gasteiger partial charge is 0.370 e. The van der Waals surface area contributed by atoms with Crippen molar-refractivity contribution in [3.63, 3.8) is 0 Å². The van der Waals surface area contributed by atoms with Gasteiger partial charge in [-0.15, -0.1) is 0 Å². The van der Waals surface area contributed by atoms with Gasteiger partial charge in [0.2, 0.25) is 0 Å². The number of nitro benzene ring substituents is 1. The third kappa shape index (κ3) is 2.14. The van der Waals surface area contributed by atoms with Gasteiger partial charge < -0.3 is 4.90 Å². The Kier molecular flexibility index (Phi) is 2.67. The van der Waals surface area contributed by atoms with Gasteiger partial charge in [0.25, 0.3) is 5.69 Å². The molecule has 0 bridgehead atoms. The number of benzene rings is 1. The van der Waals surface area contributed by atoms with E-state index in [0.717, 1.165) is 25.2 Å². The summed E-state index contributed by atoms with van der Waals surface area (Å²) in [5.74, 6) is 0. The van der Waals surface area contributed by atoms with E-state index >= 15 is 0 Å². The van der Waals surface area contributed by atoms with Crippen molar-refractivity contribution in [3.8, 4) is 6.07 Å². The predicted molar refractivity (Wildman–Crippen MR) is 70.9 cm³/mol. The Morgan fingerprint density at radius 3 is 2.79 bits per heavy atom. The third-order valence-electron chi connectivity index (χ3n) is 4.27. The number of hydrogen-bond acceptors (Lipinski definition) is 4. The summed E-state index contributed by atoms with van der Waals surface area (Å²) in [5.41, 5.74) is 1.71. The Labute approximate surface area is 111 Å². The van der Waals surface area contributed by atoms with Crippen LogP contribution in [-0.2, 0) is 0 Å². The van der Waals surface area contributed by atoms with Gasteiger partial charge in [0.1, 0.15) is 6.07 Å². The Bertz CT molecular complexity index is 573. The second-order valence-corrected chi connectivity index (χ2v) is 5.60. The van der Waals surface area contributed by atoms with E-state index in [1.807, 2.05) is 0 Å². The molecule has 1 spiro atoms. The Hall–Kier alpha value is -2.09. The van der Waals surface area contributed by atoms with Gasteiger partial charge in [-0.25, -0.2) is 0 Å². The first-order valence-corrected chi connectivity index (χ1v) is 6.57. The molecule has 0 radical (unpaired) electrons. The molecule has 98 valence electrons. The zero-order valence-corrected chi connectivity index (χ0v) is 10.6. The molecule has 1 aromatic rings. The topological polar surface area (TPSA) is 70.2 Å². The summed E-state index contributed by atoms with van der Waals surface area (Å²) in [4.78, 5) is 12.5. The molecule has 0 unspecified atom stereocenters. The standard InChI is InChI=1S/C14H15N3O2/c15-9-11-8-12(17(18)19)2-3-13(11)16-7-1-4-14(10-16)5-6-14/h2-3,8H,1,4-7,10H2. The molecule has 1 saturated carbocycles. The van der Waals surface area contributed by atoms with Gasteiger partial charge >= 0.3 is 0 Å². The Morgan fingerprint density at radius 2 is 2.16 bits per heavy atom. The predicted octanol–water partition coefficient (Wildman–Crippen LogP) is 2.85. The van der Waals surface area contributed by atoms with Crippen LogP contribution in [0.4, 0.5) is 11.4 Å². The van der Waals surface area contributed by atoms with Crippen molar-refractivity contribution in [1.82, 2.24) is 0 Å². The molecule has 5 heteroatoms. The first-order valence-electron chi connectivity index (χ1n) is 6.57. The minimum atomic E-state index is -0.455. The average molecular weight is 257 g/mol. The van der Waals surface area contributed by atoms with Crippen molar-refractivity contribution in [3.05, 3.63) is 33.9 Å². The molecule has 1 aliphatic carbocycles. The van der Waals surface area contributed by atoms with Crippen LogP contribution >= 0.6 is 0 Å². The smallest absolute Gasteiger partial charge is 0.270 e. The van der Waals surface area contributed by atoms with Crippen LogP contribution in [-0.4, -0.2) is 18.0 Å². The van der Waals surface area contributed by atoms with E-state index in [-0.39, 0.29) is 5.69 Å². The molecule has 2 fully saturated rings. The van der Waals surface area contributed by atoms with Gasteiger partial charge in [-0.2, -0.15) is 5.26 Å². The summed E-state index contributed by atoms with van der Waals surface area (Å²) >= 11 is 0. The van der Waals surface area contributed by atoms with Crippen LogP contribution in [0, 0.1) is 26.9 Å². The molecule has 0 N–H and O–H groups in total. The fourth-order valence-corrected chi connectivity index (χ4v) is 3.00. The molecular formula is C14H15N3O2. The molecule has 1 saturated heterocycles. The molecule has 19 heavy (non-hydrogen) atoms. The normalized spacial score (nSPS) is 20.1.